The molecule has 1 aliphatic heterocycles. The van der Waals surface area contributed by atoms with E-state index in [9.17, 15) is 0 Å². The Balaban J connectivity index is 1.80. The van der Waals surface area contributed by atoms with Crippen LogP contribution in [0.15, 0.2) is 0 Å². The molecule has 1 rings (SSSR count). The van der Waals surface area contributed by atoms with Crippen molar-refractivity contribution in [2.75, 3.05) is 19.6 Å². The van der Waals surface area contributed by atoms with Crippen LogP contribution in [0.3, 0.4) is 0 Å². The highest BCUT2D eigenvalue weighted by molar-refractivity contribution is 4.64. The van der Waals surface area contributed by atoms with E-state index >= 15 is 0 Å². The van der Waals surface area contributed by atoms with Crippen molar-refractivity contribution in [3.05, 3.63) is 0 Å². The molecule has 3 nitrogen and oxygen atoms in total. The summed E-state index contributed by atoms with van der Waals surface area (Å²) in [7, 11) is 0. The number of rotatable bonds is 3. The topological polar surface area (TPSA) is 27.1 Å². The standard InChI is InChI=1S/C4H11N3/c1-2-5-6-7-3-4-7/h5-6H,2-4H2,1H3. The van der Waals surface area contributed by atoms with E-state index in [4.69, 9.17) is 0 Å². The van der Waals surface area contributed by atoms with Gasteiger partial charge in [-0.1, -0.05) is 6.92 Å². The van der Waals surface area contributed by atoms with Crippen LogP contribution in [-0.4, -0.2) is 24.6 Å². The van der Waals surface area contributed by atoms with Gasteiger partial charge < -0.3 is 0 Å². The van der Waals surface area contributed by atoms with Crippen LogP contribution in [0.5, 0.6) is 0 Å². The lowest BCUT2D eigenvalue weighted by Gasteiger charge is -2.00. The quantitative estimate of drug-likeness (QED) is 0.365. The zero-order valence-corrected chi connectivity index (χ0v) is 4.57. The van der Waals surface area contributed by atoms with Crippen LogP contribution in [0, 0.1) is 0 Å². The summed E-state index contributed by atoms with van der Waals surface area (Å²) in [6.45, 7) is 5.42. The van der Waals surface area contributed by atoms with Gasteiger partial charge in [-0.3, -0.25) is 0 Å². The first-order valence-electron chi connectivity index (χ1n) is 2.67. The van der Waals surface area contributed by atoms with Gasteiger partial charge in [-0.25, -0.2) is 10.4 Å². The molecule has 0 atom stereocenters. The normalized spacial score (nSPS) is 20.1. The molecule has 3 heteroatoms. The Labute approximate surface area is 43.6 Å². The van der Waals surface area contributed by atoms with E-state index < -0.39 is 0 Å². The van der Waals surface area contributed by atoms with Crippen LogP contribution < -0.4 is 11.0 Å². The van der Waals surface area contributed by atoms with Gasteiger partial charge in [-0.05, 0) is 0 Å². The molecular formula is C4H11N3. The van der Waals surface area contributed by atoms with E-state index in [2.05, 4.69) is 22.9 Å². The van der Waals surface area contributed by atoms with E-state index in [0.29, 0.717) is 0 Å². The third-order valence-corrected chi connectivity index (χ3v) is 0.861. The van der Waals surface area contributed by atoms with Gasteiger partial charge in [0.2, 0.25) is 0 Å². The molecule has 1 aliphatic rings. The summed E-state index contributed by atoms with van der Waals surface area (Å²) in [6, 6.07) is 0. The molecule has 42 valence electrons. The van der Waals surface area contributed by atoms with Gasteiger partial charge >= 0.3 is 0 Å². The summed E-state index contributed by atoms with van der Waals surface area (Å²) in [6.07, 6.45) is 0. The summed E-state index contributed by atoms with van der Waals surface area (Å²) >= 11 is 0. The first kappa shape index (κ1) is 5.03. The largest absolute Gasteiger partial charge is 0.244 e. The molecule has 1 saturated heterocycles. The third-order valence-electron chi connectivity index (χ3n) is 0.861. The van der Waals surface area contributed by atoms with Crippen molar-refractivity contribution in [2.24, 2.45) is 0 Å². The number of nitrogens with one attached hydrogen (secondary N) is 2. The van der Waals surface area contributed by atoms with Gasteiger partial charge in [0.15, 0.2) is 0 Å². The maximum absolute atomic E-state index is 2.99. The Hall–Kier alpha value is -0.120. The second-order valence-corrected chi connectivity index (χ2v) is 1.63. The molecule has 1 heterocycles. The predicted molar refractivity (Wildman–Crippen MR) is 28.4 cm³/mol. The highest BCUT2D eigenvalue weighted by Crippen LogP contribution is 1.93. The molecule has 0 bridgehead atoms. The summed E-state index contributed by atoms with van der Waals surface area (Å²) in [5.74, 6) is 0. The van der Waals surface area contributed by atoms with E-state index in [-0.39, 0.29) is 0 Å². The first-order valence-corrected chi connectivity index (χ1v) is 2.67. The summed E-state index contributed by atoms with van der Waals surface area (Å²) in [5.41, 5.74) is 5.98. The average molecular weight is 101 g/mol. The molecule has 1 fully saturated rings. The molecule has 0 amide bonds. The number of hydrogen-bond acceptors (Lipinski definition) is 3. The number of hydrazine groups is 2. The lowest BCUT2D eigenvalue weighted by atomic mass is 10.8. The van der Waals surface area contributed by atoms with Gasteiger partial charge in [0.1, 0.15) is 0 Å². The van der Waals surface area contributed by atoms with Gasteiger partial charge in [-0.2, -0.15) is 5.53 Å². The Kier molecular flexibility index (Phi) is 1.62. The lowest BCUT2D eigenvalue weighted by molar-refractivity contribution is 0.335. The molecule has 0 radical (unpaired) electrons. The number of nitrogens with zero attached hydrogens (tertiary/aromatic N) is 1. The van der Waals surface area contributed by atoms with E-state index in [0.717, 1.165) is 6.54 Å². The molecular weight excluding hydrogens is 90.1 g/mol. The fraction of sp³-hybridized carbons (Fsp3) is 1.00. The van der Waals surface area contributed by atoms with Gasteiger partial charge in [-0.15, -0.1) is 0 Å². The minimum atomic E-state index is 0.983. The molecule has 0 aromatic carbocycles. The van der Waals surface area contributed by atoms with Gasteiger partial charge in [0.05, 0.1) is 0 Å². The van der Waals surface area contributed by atoms with Crippen molar-refractivity contribution in [2.45, 2.75) is 6.92 Å². The minimum Gasteiger partial charge on any atom is -0.244 e. The SMILES string of the molecule is CCNNN1CC1. The molecule has 0 spiro atoms. The first-order chi connectivity index (χ1) is 3.43. The molecule has 7 heavy (non-hydrogen) atoms. The average Bonchev–Trinajstić information content (AvgIpc) is 2.42. The van der Waals surface area contributed by atoms with Crippen molar-refractivity contribution < 1.29 is 0 Å². The molecule has 0 saturated carbocycles. The fourth-order valence-corrected chi connectivity index (χ4v) is 0.353. The molecule has 0 unspecified atom stereocenters. The van der Waals surface area contributed by atoms with Crippen molar-refractivity contribution in [1.82, 2.24) is 16.0 Å². The molecule has 0 aromatic rings. The molecule has 2 N–H and O–H groups in total. The summed E-state index contributed by atoms with van der Waals surface area (Å²) < 4.78 is 0. The van der Waals surface area contributed by atoms with Gasteiger partial charge in [0, 0.05) is 19.6 Å². The lowest BCUT2D eigenvalue weighted by Crippen LogP contribution is -2.35. The maximum atomic E-state index is 2.99. The smallest absolute Gasteiger partial charge is 0.0287 e. The van der Waals surface area contributed by atoms with E-state index in [1.165, 1.54) is 13.1 Å². The monoisotopic (exact) mass is 101 g/mol. The van der Waals surface area contributed by atoms with Crippen LogP contribution >= 0.6 is 0 Å². The van der Waals surface area contributed by atoms with E-state index in [1.807, 2.05) is 0 Å². The Bertz CT molecular complexity index is 50.9. The summed E-state index contributed by atoms with van der Waals surface area (Å²) in [4.78, 5) is 0. The van der Waals surface area contributed by atoms with Crippen LogP contribution in [-0.2, 0) is 0 Å². The second kappa shape index (κ2) is 2.26. The van der Waals surface area contributed by atoms with Crippen molar-refractivity contribution in [3.63, 3.8) is 0 Å². The zero-order chi connectivity index (χ0) is 5.11. The van der Waals surface area contributed by atoms with Crippen LogP contribution in [0.1, 0.15) is 6.92 Å². The van der Waals surface area contributed by atoms with Crippen molar-refractivity contribution in [1.29, 1.82) is 0 Å². The minimum absolute atomic E-state index is 0.983. The van der Waals surface area contributed by atoms with Crippen molar-refractivity contribution >= 4 is 0 Å². The highest BCUT2D eigenvalue weighted by atomic mass is 15.7. The van der Waals surface area contributed by atoms with E-state index in [1.54, 1.807) is 0 Å². The Morgan fingerprint density at radius 3 is 2.71 bits per heavy atom. The van der Waals surface area contributed by atoms with Crippen LogP contribution in [0.25, 0.3) is 0 Å². The predicted octanol–water partition coefficient (Wildman–Crippen LogP) is -0.669. The Morgan fingerprint density at radius 2 is 2.29 bits per heavy atom. The second-order valence-electron chi connectivity index (χ2n) is 1.63. The molecule has 0 aliphatic carbocycles. The van der Waals surface area contributed by atoms with Gasteiger partial charge in [0.25, 0.3) is 0 Å². The maximum Gasteiger partial charge on any atom is 0.0287 e. The fourth-order valence-electron chi connectivity index (χ4n) is 0.353. The third kappa shape index (κ3) is 1.87. The highest BCUT2D eigenvalue weighted by Gasteiger charge is 2.14. The van der Waals surface area contributed by atoms with Crippen molar-refractivity contribution in [3.8, 4) is 0 Å². The Morgan fingerprint density at radius 1 is 1.57 bits per heavy atom. The van der Waals surface area contributed by atoms with Crippen LogP contribution in [0.2, 0.25) is 0 Å². The summed E-state index contributed by atoms with van der Waals surface area (Å²) in [5, 5.41) is 2.10. The molecule has 0 aromatic heterocycles. The van der Waals surface area contributed by atoms with Crippen LogP contribution in [0.4, 0.5) is 0 Å². The zero-order valence-electron chi connectivity index (χ0n) is 4.57. The number of hydrogen-bond donors (Lipinski definition) is 2.